The molecule has 0 aliphatic heterocycles. The molecule has 0 unspecified atom stereocenters. The van der Waals surface area contributed by atoms with Crippen molar-refractivity contribution in [3.8, 4) is 23.0 Å². The molecule has 11 heteroatoms. The van der Waals surface area contributed by atoms with Crippen LogP contribution in [0.1, 0.15) is 15.9 Å². The Balaban J connectivity index is 0.000000981. The Morgan fingerprint density at radius 3 is 1.94 bits per heavy atom. The van der Waals surface area contributed by atoms with E-state index in [0.717, 1.165) is 17.9 Å². The Labute approximate surface area is 195 Å². The number of methoxy groups -OCH3 is 3. The van der Waals surface area contributed by atoms with Crippen LogP contribution in [0.5, 0.6) is 23.0 Å². The molecule has 33 heavy (non-hydrogen) atoms. The van der Waals surface area contributed by atoms with Crippen molar-refractivity contribution in [2.24, 2.45) is 0 Å². The van der Waals surface area contributed by atoms with Crippen molar-refractivity contribution in [2.75, 3.05) is 54.8 Å². The largest absolute Gasteiger partial charge is 0.493 e. The zero-order chi connectivity index (χ0) is 25.0. The number of carbonyl (C=O) groups excluding carboxylic acids is 1. The topological polar surface area (TPSA) is 124 Å². The van der Waals surface area contributed by atoms with Crippen molar-refractivity contribution >= 4 is 16.0 Å². The van der Waals surface area contributed by atoms with Gasteiger partial charge < -0.3 is 29.2 Å². The molecule has 0 radical (unpaired) electrons. The lowest BCUT2D eigenvalue weighted by Crippen LogP contribution is -2.23. The van der Waals surface area contributed by atoms with E-state index in [9.17, 15) is 13.2 Å². The van der Waals surface area contributed by atoms with Crippen LogP contribution < -0.4 is 24.3 Å². The molecule has 0 aliphatic carbocycles. The average Bonchev–Trinajstić information content (AvgIpc) is 2.75. The monoisotopic (exact) mass is 484 g/mol. The van der Waals surface area contributed by atoms with Gasteiger partial charge >= 0.3 is 0 Å². The number of nitrogens with zero attached hydrogens (tertiary/aromatic N) is 1. The van der Waals surface area contributed by atoms with Crippen LogP contribution in [0.3, 0.4) is 0 Å². The third-order valence-corrected chi connectivity index (χ3v) is 4.11. The highest BCUT2D eigenvalue weighted by molar-refractivity contribution is 7.85. The number of hydrogen-bond donors (Lipinski definition) is 2. The van der Waals surface area contributed by atoms with E-state index in [1.165, 1.54) is 21.3 Å². The molecule has 2 aromatic carbocycles. The van der Waals surface area contributed by atoms with Crippen LogP contribution in [-0.4, -0.2) is 78.6 Å². The van der Waals surface area contributed by atoms with Gasteiger partial charge in [0.15, 0.2) is 11.5 Å². The molecule has 0 saturated carbocycles. The van der Waals surface area contributed by atoms with Gasteiger partial charge in [-0.1, -0.05) is 12.1 Å². The van der Waals surface area contributed by atoms with E-state index < -0.39 is 10.1 Å². The number of rotatable bonds is 10. The van der Waals surface area contributed by atoms with Crippen LogP contribution in [0.2, 0.25) is 0 Å². The smallest absolute Gasteiger partial charge is 0.261 e. The molecule has 0 saturated heterocycles. The Hall–Kier alpha value is -3.02. The van der Waals surface area contributed by atoms with E-state index >= 15 is 0 Å². The van der Waals surface area contributed by atoms with Crippen LogP contribution in [-0.2, 0) is 16.7 Å². The molecule has 0 bridgehead atoms. The maximum absolute atomic E-state index is 12.5. The number of benzene rings is 2. The summed E-state index contributed by atoms with van der Waals surface area (Å²) in [5.74, 6) is 1.90. The predicted octanol–water partition coefficient (Wildman–Crippen LogP) is 2.09. The second-order valence-corrected chi connectivity index (χ2v) is 8.59. The Morgan fingerprint density at radius 1 is 1.00 bits per heavy atom. The van der Waals surface area contributed by atoms with E-state index in [4.69, 9.17) is 23.5 Å². The normalized spacial score (nSPS) is 10.7. The lowest BCUT2D eigenvalue weighted by atomic mass is 10.1. The SMILES string of the molecule is COc1cc(C(=O)NCc2ccc(OCCN(C)C)cc2)cc(OC)c1OC.CS(=O)(=O)O. The van der Waals surface area contributed by atoms with Crippen molar-refractivity contribution < 1.29 is 36.7 Å². The molecule has 2 rings (SSSR count). The van der Waals surface area contributed by atoms with E-state index in [1.807, 2.05) is 38.4 Å². The van der Waals surface area contributed by atoms with Gasteiger partial charge in [0.05, 0.1) is 27.6 Å². The maximum atomic E-state index is 12.5. The van der Waals surface area contributed by atoms with E-state index in [1.54, 1.807) is 12.1 Å². The molecule has 2 aromatic rings. The highest BCUT2D eigenvalue weighted by Gasteiger charge is 2.16. The van der Waals surface area contributed by atoms with Gasteiger partial charge in [-0.05, 0) is 43.9 Å². The minimum absolute atomic E-state index is 0.231. The highest BCUT2D eigenvalue weighted by atomic mass is 32.2. The number of amides is 1. The number of likely N-dealkylation sites (N-methyl/N-ethyl adjacent to an activating group) is 1. The standard InChI is InChI=1S/C21H28N2O5.CH4O3S/c1-23(2)10-11-28-17-8-6-15(7-9-17)14-22-21(24)16-12-18(25-3)20(27-5)19(13-16)26-4;1-5(2,3)4/h6-9,12-13H,10-11,14H2,1-5H3,(H,22,24);1H3,(H,2,3,4). The number of carbonyl (C=O) groups is 1. The molecule has 0 heterocycles. The fourth-order valence-electron chi connectivity index (χ4n) is 2.55. The fraction of sp³-hybridized carbons (Fsp3) is 0.409. The van der Waals surface area contributed by atoms with Crippen LogP contribution >= 0.6 is 0 Å². The number of nitrogens with one attached hydrogen (secondary N) is 1. The van der Waals surface area contributed by atoms with Gasteiger partial charge in [0, 0.05) is 18.7 Å². The predicted molar refractivity (Wildman–Crippen MR) is 125 cm³/mol. The lowest BCUT2D eigenvalue weighted by molar-refractivity contribution is 0.0950. The highest BCUT2D eigenvalue weighted by Crippen LogP contribution is 2.38. The van der Waals surface area contributed by atoms with Crippen molar-refractivity contribution in [1.29, 1.82) is 0 Å². The first kappa shape index (κ1) is 28.0. The van der Waals surface area contributed by atoms with Crippen molar-refractivity contribution in [3.63, 3.8) is 0 Å². The third kappa shape index (κ3) is 10.9. The fourth-order valence-corrected chi connectivity index (χ4v) is 2.55. The summed E-state index contributed by atoms with van der Waals surface area (Å²) in [5, 5.41) is 2.89. The summed E-state index contributed by atoms with van der Waals surface area (Å²) in [6, 6.07) is 10.9. The average molecular weight is 485 g/mol. The molecule has 10 nitrogen and oxygen atoms in total. The zero-order valence-electron chi connectivity index (χ0n) is 19.7. The maximum Gasteiger partial charge on any atom is 0.261 e. The summed E-state index contributed by atoms with van der Waals surface area (Å²) in [4.78, 5) is 14.6. The second-order valence-electron chi connectivity index (χ2n) is 7.13. The molecule has 0 atom stereocenters. The van der Waals surface area contributed by atoms with Crippen LogP contribution in [0.4, 0.5) is 0 Å². The molecular formula is C22H32N2O8S. The van der Waals surface area contributed by atoms with Crippen LogP contribution in [0.15, 0.2) is 36.4 Å². The van der Waals surface area contributed by atoms with Crippen LogP contribution in [0, 0.1) is 0 Å². The summed E-state index contributed by atoms with van der Waals surface area (Å²) < 4.78 is 47.4. The van der Waals surface area contributed by atoms with Gasteiger partial charge in [-0.3, -0.25) is 9.35 Å². The van der Waals surface area contributed by atoms with Gasteiger partial charge in [-0.2, -0.15) is 8.42 Å². The molecule has 0 aromatic heterocycles. The lowest BCUT2D eigenvalue weighted by Gasteiger charge is -2.14. The third-order valence-electron chi connectivity index (χ3n) is 4.11. The molecule has 1 amide bonds. The van der Waals surface area contributed by atoms with Gasteiger partial charge in [-0.15, -0.1) is 0 Å². The van der Waals surface area contributed by atoms with Gasteiger partial charge in [-0.25, -0.2) is 0 Å². The van der Waals surface area contributed by atoms with E-state index in [-0.39, 0.29) is 5.91 Å². The zero-order valence-corrected chi connectivity index (χ0v) is 20.6. The Kier molecular flexibility index (Phi) is 11.5. The summed E-state index contributed by atoms with van der Waals surface area (Å²) in [5.41, 5.74) is 1.40. The van der Waals surface area contributed by atoms with E-state index in [2.05, 4.69) is 10.2 Å². The first-order valence-electron chi connectivity index (χ1n) is 9.85. The van der Waals surface area contributed by atoms with Crippen LogP contribution in [0.25, 0.3) is 0 Å². The quantitative estimate of drug-likeness (QED) is 0.488. The first-order chi connectivity index (χ1) is 15.5. The number of hydrogen-bond acceptors (Lipinski definition) is 8. The molecule has 2 N–H and O–H groups in total. The van der Waals surface area contributed by atoms with Crippen molar-refractivity contribution in [3.05, 3.63) is 47.5 Å². The minimum Gasteiger partial charge on any atom is -0.493 e. The van der Waals surface area contributed by atoms with Crippen molar-refractivity contribution in [2.45, 2.75) is 6.54 Å². The summed E-state index contributed by atoms with van der Waals surface area (Å²) in [7, 11) is 4.89. The Bertz CT molecular complexity index is 959. The molecular weight excluding hydrogens is 452 g/mol. The Morgan fingerprint density at radius 2 is 1.52 bits per heavy atom. The summed E-state index contributed by atoms with van der Waals surface area (Å²) >= 11 is 0. The molecule has 0 spiro atoms. The number of ether oxygens (including phenoxy) is 4. The molecule has 0 fully saturated rings. The van der Waals surface area contributed by atoms with Gasteiger partial charge in [0.1, 0.15) is 12.4 Å². The summed E-state index contributed by atoms with van der Waals surface area (Å²) in [6.45, 7) is 1.88. The molecule has 184 valence electrons. The minimum atomic E-state index is -3.67. The first-order valence-corrected chi connectivity index (χ1v) is 11.7. The summed E-state index contributed by atoms with van der Waals surface area (Å²) in [6.07, 6.45) is 0.715. The van der Waals surface area contributed by atoms with Crippen molar-refractivity contribution in [1.82, 2.24) is 10.2 Å². The van der Waals surface area contributed by atoms with Gasteiger partial charge in [0.2, 0.25) is 5.75 Å². The molecule has 0 aliphatic rings. The van der Waals surface area contributed by atoms with E-state index in [0.29, 0.717) is 42.2 Å². The van der Waals surface area contributed by atoms with Gasteiger partial charge in [0.25, 0.3) is 16.0 Å². The second kappa shape index (κ2) is 13.5.